The van der Waals surface area contributed by atoms with Crippen molar-refractivity contribution < 1.29 is 42.9 Å². The van der Waals surface area contributed by atoms with Crippen LogP contribution in [0.2, 0.25) is 5.02 Å². The van der Waals surface area contributed by atoms with Crippen molar-refractivity contribution in [3.05, 3.63) is 70.2 Å². The first-order chi connectivity index (χ1) is 21.0. The van der Waals surface area contributed by atoms with E-state index >= 15 is 0 Å². The first kappa shape index (κ1) is 32.6. The van der Waals surface area contributed by atoms with Crippen molar-refractivity contribution in [2.24, 2.45) is 0 Å². The van der Waals surface area contributed by atoms with Crippen molar-refractivity contribution in [2.75, 3.05) is 6.61 Å². The van der Waals surface area contributed by atoms with Gasteiger partial charge in [-0.2, -0.15) is 5.10 Å². The van der Waals surface area contributed by atoms with Crippen LogP contribution in [0.3, 0.4) is 0 Å². The van der Waals surface area contributed by atoms with Crippen molar-refractivity contribution in [1.82, 2.24) is 19.7 Å². The molecule has 0 unspecified atom stereocenters. The predicted octanol–water partition coefficient (Wildman–Crippen LogP) is 3.46. The Morgan fingerprint density at radius 1 is 0.932 bits per heavy atom. The van der Waals surface area contributed by atoms with E-state index in [4.69, 9.17) is 52.6 Å². The SMILES string of the molecule is CC(=O)N[C@@H]1[C@@H](OC(C)=O)[C@H](OC(C)=O)[C@@H](COC(C)=O)O[C@H]1n1nc(COc2ccccc2Cl)n(-c2ccccc2)c1=S. The average molecular weight is 647 g/mol. The van der Waals surface area contributed by atoms with Gasteiger partial charge >= 0.3 is 17.9 Å². The van der Waals surface area contributed by atoms with Crippen LogP contribution in [0.1, 0.15) is 39.7 Å². The fourth-order valence-electron chi connectivity index (χ4n) is 4.74. The third-order valence-corrected chi connectivity index (χ3v) is 7.09. The van der Waals surface area contributed by atoms with E-state index in [1.165, 1.54) is 25.5 Å². The molecule has 0 aliphatic carbocycles. The van der Waals surface area contributed by atoms with Gasteiger partial charge in [0.2, 0.25) is 10.7 Å². The standard InChI is InChI=1S/C29H31ClN4O9S/c1-16(35)31-25-27(42-19(4)38)26(41-18(3)37)23(14-39-17(2)36)43-28(25)34-29(44)33(20-10-6-5-7-11-20)24(32-34)15-40-22-13-9-8-12-21(22)30/h5-13,23,25-28H,14-15H2,1-4H3,(H,31,35)/t23-,25-,26-,27-,28-/m1/s1. The van der Waals surface area contributed by atoms with Gasteiger partial charge in [0.25, 0.3) is 0 Å². The van der Waals surface area contributed by atoms with Gasteiger partial charge in [-0.15, -0.1) is 0 Å². The molecule has 13 nitrogen and oxygen atoms in total. The molecule has 2 heterocycles. The van der Waals surface area contributed by atoms with Crippen LogP contribution >= 0.6 is 23.8 Å². The van der Waals surface area contributed by atoms with Gasteiger partial charge in [-0.1, -0.05) is 41.9 Å². The summed E-state index contributed by atoms with van der Waals surface area (Å²) < 4.78 is 31.7. The molecule has 2 aromatic carbocycles. The minimum atomic E-state index is -1.29. The smallest absolute Gasteiger partial charge is 0.303 e. The molecule has 0 bridgehead atoms. The quantitative estimate of drug-likeness (QED) is 0.196. The summed E-state index contributed by atoms with van der Waals surface area (Å²) in [7, 11) is 0. The van der Waals surface area contributed by atoms with Crippen molar-refractivity contribution in [3.63, 3.8) is 0 Å². The molecule has 0 saturated carbocycles. The molecule has 1 aliphatic rings. The summed E-state index contributed by atoms with van der Waals surface area (Å²) in [6.07, 6.45) is -4.93. The first-order valence-corrected chi connectivity index (χ1v) is 14.3. The zero-order valence-electron chi connectivity index (χ0n) is 24.3. The maximum Gasteiger partial charge on any atom is 0.303 e. The van der Waals surface area contributed by atoms with Crippen LogP contribution in [-0.4, -0.2) is 69.1 Å². The Labute approximate surface area is 262 Å². The highest BCUT2D eigenvalue weighted by molar-refractivity contribution is 7.71. The molecular weight excluding hydrogens is 616 g/mol. The molecule has 15 heteroatoms. The Hall–Kier alpha value is -4.27. The van der Waals surface area contributed by atoms with E-state index in [2.05, 4.69) is 5.32 Å². The van der Waals surface area contributed by atoms with Gasteiger partial charge in [0.05, 0.1) is 5.02 Å². The number of nitrogens with zero attached hydrogens (tertiary/aromatic N) is 3. The molecule has 0 spiro atoms. The Balaban J connectivity index is 1.85. The summed E-state index contributed by atoms with van der Waals surface area (Å²) in [6, 6.07) is 14.9. The number of amides is 1. The second kappa shape index (κ2) is 14.5. The van der Waals surface area contributed by atoms with Crippen LogP contribution in [0.15, 0.2) is 54.6 Å². The molecule has 3 aromatic rings. The molecule has 234 valence electrons. The van der Waals surface area contributed by atoms with Gasteiger partial charge < -0.3 is 29.0 Å². The van der Waals surface area contributed by atoms with E-state index in [0.29, 0.717) is 22.3 Å². The lowest BCUT2D eigenvalue weighted by molar-refractivity contribution is -0.239. The summed E-state index contributed by atoms with van der Waals surface area (Å²) in [5, 5.41) is 7.84. The van der Waals surface area contributed by atoms with E-state index in [-0.39, 0.29) is 18.0 Å². The normalized spacial score (nSPS) is 21.2. The van der Waals surface area contributed by atoms with Crippen LogP contribution < -0.4 is 10.1 Å². The number of aromatic nitrogens is 3. The third kappa shape index (κ3) is 7.81. The van der Waals surface area contributed by atoms with Crippen LogP contribution in [0.5, 0.6) is 5.75 Å². The lowest BCUT2D eigenvalue weighted by Gasteiger charge is -2.45. The van der Waals surface area contributed by atoms with E-state index in [0.717, 1.165) is 6.92 Å². The number of carbonyl (C=O) groups is 4. The number of hydrogen-bond donors (Lipinski definition) is 1. The number of halogens is 1. The third-order valence-electron chi connectivity index (χ3n) is 6.41. The molecular formula is C29H31ClN4O9S. The fraction of sp³-hybridized carbons (Fsp3) is 0.379. The maximum absolute atomic E-state index is 12.4. The minimum Gasteiger partial charge on any atom is -0.484 e. The molecule has 1 amide bonds. The van der Waals surface area contributed by atoms with Gasteiger partial charge in [-0.3, -0.25) is 23.7 Å². The summed E-state index contributed by atoms with van der Waals surface area (Å²) in [5.41, 5.74) is 0.652. The number of carbonyl (C=O) groups excluding carboxylic acids is 4. The largest absolute Gasteiger partial charge is 0.484 e. The number of esters is 3. The maximum atomic E-state index is 12.4. The number of hydrogen-bond acceptors (Lipinski definition) is 11. The lowest BCUT2D eigenvalue weighted by Crippen LogP contribution is -2.64. The Bertz CT molecular complexity index is 1580. The minimum absolute atomic E-state index is 0.0763. The topological polar surface area (TPSA) is 149 Å². The highest BCUT2D eigenvalue weighted by Gasteiger charge is 2.52. The molecule has 1 saturated heterocycles. The highest BCUT2D eigenvalue weighted by Crippen LogP contribution is 2.34. The number of benzene rings is 2. The Kier molecular flexibility index (Phi) is 10.7. The summed E-state index contributed by atoms with van der Waals surface area (Å²) in [4.78, 5) is 48.5. The molecule has 1 aliphatic heterocycles. The monoisotopic (exact) mass is 646 g/mol. The second-order valence-corrected chi connectivity index (χ2v) is 10.5. The summed E-state index contributed by atoms with van der Waals surface area (Å²) >= 11 is 12.2. The summed E-state index contributed by atoms with van der Waals surface area (Å²) in [5.74, 6) is -1.80. The highest BCUT2D eigenvalue weighted by atomic mass is 35.5. The zero-order valence-corrected chi connectivity index (χ0v) is 25.9. The average Bonchev–Trinajstić information content (AvgIpc) is 3.29. The zero-order chi connectivity index (χ0) is 32.0. The number of para-hydroxylation sites is 2. The van der Waals surface area contributed by atoms with Crippen molar-refractivity contribution in [1.29, 1.82) is 0 Å². The van der Waals surface area contributed by atoms with Gasteiger partial charge in [-0.05, 0) is 36.5 Å². The lowest BCUT2D eigenvalue weighted by atomic mass is 9.95. The number of nitrogens with one attached hydrogen (secondary N) is 1. The second-order valence-electron chi connectivity index (χ2n) is 9.78. The Morgan fingerprint density at radius 2 is 1.57 bits per heavy atom. The molecule has 1 aromatic heterocycles. The fourth-order valence-corrected chi connectivity index (χ4v) is 5.29. The van der Waals surface area contributed by atoms with E-state index in [1.807, 2.05) is 30.3 Å². The van der Waals surface area contributed by atoms with Gasteiger partial charge in [-0.25, -0.2) is 4.68 Å². The van der Waals surface area contributed by atoms with Crippen molar-refractivity contribution >= 4 is 47.6 Å². The van der Waals surface area contributed by atoms with E-state index in [1.54, 1.807) is 28.8 Å². The molecule has 44 heavy (non-hydrogen) atoms. The number of ether oxygens (including phenoxy) is 5. The van der Waals surface area contributed by atoms with Crippen molar-refractivity contribution in [2.45, 2.75) is 64.9 Å². The van der Waals surface area contributed by atoms with E-state index in [9.17, 15) is 19.2 Å². The van der Waals surface area contributed by atoms with Crippen LogP contribution in [0.4, 0.5) is 0 Å². The molecule has 1 N–H and O–H groups in total. The van der Waals surface area contributed by atoms with E-state index < -0.39 is 54.4 Å². The van der Waals surface area contributed by atoms with Gasteiger partial charge in [0.15, 0.2) is 24.3 Å². The number of rotatable bonds is 10. The molecule has 1 fully saturated rings. The van der Waals surface area contributed by atoms with Gasteiger partial charge in [0, 0.05) is 33.4 Å². The van der Waals surface area contributed by atoms with Crippen LogP contribution in [0.25, 0.3) is 5.69 Å². The van der Waals surface area contributed by atoms with Crippen LogP contribution in [0, 0.1) is 4.77 Å². The van der Waals surface area contributed by atoms with Crippen molar-refractivity contribution in [3.8, 4) is 11.4 Å². The molecule has 0 radical (unpaired) electrons. The van der Waals surface area contributed by atoms with Crippen LogP contribution in [-0.2, 0) is 44.7 Å². The predicted molar refractivity (Wildman–Crippen MR) is 157 cm³/mol. The Morgan fingerprint density at radius 3 is 2.18 bits per heavy atom. The molecule has 5 atom stereocenters. The molecule has 4 rings (SSSR count). The first-order valence-electron chi connectivity index (χ1n) is 13.5. The summed E-state index contributed by atoms with van der Waals surface area (Å²) in [6.45, 7) is 4.35. The van der Waals surface area contributed by atoms with Gasteiger partial charge in [0.1, 0.15) is 31.1 Å².